The van der Waals surface area contributed by atoms with Crippen molar-refractivity contribution in [3.63, 3.8) is 0 Å². The first-order valence-electron chi connectivity index (χ1n) is 4.61. The first-order chi connectivity index (χ1) is 6.50. The van der Waals surface area contributed by atoms with Gasteiger partial charge in [-0.15, -0.1) is 0 Å². The van der Waals surface area contributed by atoms with Crippen LogP contribution in [-0.4, -0.2) is 13.1 Å². The molecule has 14 heavy (non-hydrogen) atoms. The standard InChI is InChI=1S/C11H15F2N/c1-8-6-4-5-7-10(8)11(12,13)9(2)14-3/h4-7,9,14H,1-3H3. The summed E-state index contributed by atoms with van der Waals surface area (Å²) >= 11 is 0. The van der Waals surface area contributed by atoms with Crippen LogP contribution in [0.15, 0.2) is 24.3 Å². The number of halogens is 2. The zero-order valence-electron chi connectivity index (χ0n) is 8.64. The number of hydrogen-bond donors (Lipinski definition) is 1. The Labute approximate surface area is 83.1 Å². The van der Waals surface area contributed by atoms with E-state index in [1.165, 1.54) is 20.0 Å². The van der Waals surface area contributed by atoms with Crippen LogP contribution in [0.25, 0.3) is 0 Å². The molecule has 0 spiro atoms. The van der Waals surface area contributed by atoms with Crippen LogP contribution in [0, 0.1) is 6.92 Å². The highest BCUT2D eigenvalue weighted by Gasteiger charge is 2.38. The van der Waals surface area contributed by atoms with Gasteiger partial charge in [0.05, 0.1) is 6.04 Å². The molecule has 3 heteroatoms. The molecule has 0 saturated carbocycles. The molecule has 0 heterocycles. The summed E-state index contributed by atoms with van der Waals surface area (Å²) in [4.78, 5) is 0. The summed E-state index contributed by atoms with van der Waals surface area (Å²) in [5, 5.41) is 2.58. The maximum atomic E-state index is 13.7. The predicted octanol–water partition coefficient (Wildman–Crippen LogP) is 2.69. The molecule has 0 bridgehead atoms. The van der Waals surface area contributed by atoms with E-state index in [4.69, 9.17) is 0 Å². The Kier molecular flexibility index (Phi) is 3.21. The summed E-state index contributed by atoms with van der Waals surface area (Å²) in [6.07, 6.45) is 0. The van der Waals surface area contributed by atoms with Crippen LogP contribution in [0.1, 0.15) is 18.1 Å². The zero-order valence-corrected chi connectivity index (χ0v) is 8.64. The van der Waals surface area contributed by atoms with Crippen LogP contribution in [0.3, 0.4) is 0 Å². The molecule has 1 N–H and O–H groups in total. The molecule has 1 nitrogen and oxygen atoms in total. The fourth-order valence-electron chi connectivity index (χ4n) is 1.36. The molecule has 0 aromatic heterocycles. The van der Waals surface area contributed by atoms with Crippen molar-refractivity contribution in [1.82, 2.24) is 5.32 Å². The number of nitrogens with one attached hydrogen (secondary N) is 1. The topological polar surface area (TPSA) is 12.0 Å². The summed E-state index contributed by atoms with van der Waals surface area (Å²) in [6.45, 7) is 3.18. The Morgan fingerprint density at radius 2 is 1.86 bits per heavy atom. The van der Waals surface area contributed by atoms with E-state index in [9.17, 15) is 8.78 Å². The van der Waals surface area contributed by atoms with Gasteiger partial charge in [-0.25, -0.2) is 0 Å². The number of alkyl halides is 2. The van der Waals surface area contributed by atoms with Crippen LogP contribution in [0.5, 0.6) is 0 Å². The second-order valence-corrected chi connectivity index (χ2v) is 3.45. The van der Waals surface area contributed by atoms with Crippen LogP contribution in [0.4, 0.5) is 8.78 Å². The van der Waals surface area contributed by atoms with E-state index >= 15 is 0 Å². The average Bonchev–Trinajstić information content (AvgIpc) is 2.17. The minimum absolute atomic E-state index is 0.0989. The van der Waals surface area contributed by atoms with Gasteiger partial charge in [-0.05, 0) is 26.5 Å². The molecule has 0 aliphatic carbocycles. The highest BCUT2D eigenvalue weighted by atomic mass is 19.3. The van der Waals surface area contributed by atoms with Crippen LogP contribution in [-0.2, 0) is 5.92 Å². The molecule has 0 aliphatic heterocycles. The summed E-state index contributed by atoms with van der Waals surface area (Å²) in [5.41, 5.74) is 0.724. The zero-order chi connectivity index (χ0) is 10.8. The molecule has 0 radical (unpaired) electrons. The lowest BCUT2D eigenvalue weighted by molar-refractivity contribution is -0.0359. The lowest BCUT2D eigenvalue weighted by Gasteiger charge is -2.24. The first kappa shape index (κ1) is 11.1. The second-order valence-electron chi connectivity index (χ2n) is 3.45. The third kappa shape index (κ3) is 1.93. The van der Waals surface area contributed by atoms with Gasteiger partial charge in [0, 0.05) is 5.56 Å². The largest absolute Gasteiger partial charge is 0.312 e. The van der Waals surface area contributed by atoms with Crippen molar-refractivity contribution in [3.05, 3.63) is 35.4 Å². The minimum Gasteiger partial charge on any atom is -0.312 e. The van der Waals surface area contributed by atoms with Crippen molar-refractivity contribution >= 4 is 0 Å². The minimum atomic E-state index is -2.82. The molecule has 1 aromatic rings. The molecule has 1 atom stereocenters. The number of rotatable bonds is 3. The lowest BCUT2D eigenvalue weighted by Crippen LogP contribution is -2.39. The summed E-state index contributed by atoms with van der Waals surface area (Å²) in [6, 6.07) is 5.72. The van der Waals surface area contributed by atoms with Gasteiger partial charge in [0.25, 0.3) is 5.92 Å². The Hall–Kier alpha value is -0.960. The molecule has 0 aliphatic rings. The van der Waals surface area contributed by atoms with Crippen molar-refractivity contribution in [1.29, 1.82) is 0 Å². The summed E-state index contributed by atoms with van der Waals surface area (Å²) < 4.78 is 27.5. The molecule has 1 aromatic carbocycles. The number of aryl methyl sites for hydroxylation is 1. The van der Waals surface area contributed by atoms with Gasteiger partial charge in [0.15, 0.2) is 0 Å². The van der Waals surface area contributed by atoms with Gasteiger partial charge in [-0.2, -0.15) is 8.78 Å². The van der Waals surface area contributed by atoms with Crippen LogP contribution in [0.2, 0.25) is 0 Å². The van der Waals surface area contributed by atoms with E-state index in [1.54, 1.807) is 25.1 Å². The molecular weight excluding hydrogens is 184 g/mol. The molecule has 1 unspecified atom stereocenters. The highest BCUT2D eigenvalue weighted by Crippen LogP contribution is 2.33. The van der Waals surface area contributed by atoms with Crippen molar-refractivity contribution in [2.45, 2.75) is 25.8 Å². The Morgan fingerprint density at radius 1 is 1.29 bits per heavy atom. The number of hydrogen-bond acceptors (Lipinski definition) is 1. The SMILES string of the molecule is CNC(C)C(F)(F)c1ccccc1C. The smallest absolute Gasteiger partial charge is 0.288 e. The van der Waals surface area contributed by atoms with Crippen molar-refractivity contribution < 1.29 is 8.78 Å². The summed E-state index contributed by atoms with van der Waals surface area (Å²) in [5.74, 6) is -2.82. The van der Waals surface area contributed by atoms with E-state index in [2.05, 4.69) is 5.32 Å². The number of benzene rings is 1. The van der Waals surface area contributed by atoms with Crippen molar-refractivity contribution in [3.8, 4) is 0 Å². The van der Waals surface area contributed by atoms with E-state index in [0.717, 1.165) is 0 Å². The molecule has 0 fully saturated rings. The van der Waals surface area contributed by atoms with E-state index in [1.807, 2.05) is 0 Å². The second kappa shape index (κ2) is 4.05. The Bertz CT molecular complexity index is 310. The van der Waals surface area contributed by atoms with E-state index in [-0.39, 0.29) is 5.56 Å². The van der Waals surface area contributed by atoms with Gasteiger partial charge in [-0.3, -0.25) is 0 Å². The van der Waals surface area contributed by atoms with E-state index in [0.29, 0.717) is 5.56 Å². The third-order valence-corrected chi connectivity index (χ3v) is 2.48. The van der Waals surface area contributed by atoms with Gasteiger partial charge >= 0.3 is 0 Å². The van der Waals surface area contributed by atoms with Gasteiger partial charge < -0.3 is 5.32 Å². The third-order valence-electron chi connectivity index (χ3n) is 2.48. The predicted molar refractivity (Wildman–Crippen MR) is 53.6 cm³/mol. The van der Waals surface area contributed by atoms with Crippen LogP contribution >= 0.6 is 0 Å². The van der Waals surface area contributed by atoms with Crippen molar-refractivity contribution in [2.24, 2.45) is 0 Å². The Morgan fingerprint density at radius 3 is 2.36 bits per heavy atom. The molecule has 0 amide bonds. The van der Waals surface area contributed by atoms with Crippen molar-refractivity contribution in [2.75, 3.05) is 7.05 Å². The fourth-order valence-corrected chi connectivity index (χ4v) is 1.36. The monoisotopic (exact) mass is 199 g/mol. The van der Waals surface area contributed by atoms with E-state index < -0.39 is 12.0 Å². The van der Waals surface area contributed by atoms with Gasteiger partial charge in [0.2, 0.25) is 0 Å². The number of likely N-dealkylation sites (N-methyl/N-ethyl adjacent to an activating group) is 1. The molecule has 78 valence electrons. The summed E-state index contributed by atoms with van der Waals surface area (Å²) in [7, 11) is 1.54. The van der Waals surface area contributed by atoms with Crippen LogP contribution < -0.4 is 5.32 Å². The molecule has 0 saturated heterocycles. The maximum Gasteiger partial charge on any atom is 0.288 e. The van der Waals surface area contributed by atoms with Gasteiger partial charge in [0.1, 0.15) is 0 Å². The quantitative estimate of drug-likeness (QED) is 0.789. The van der Waals surface area contributed by atoms with Gasteiger partial charge in [-0.1, -0.05) is 24.3 Å². The average molecular weight is 199 g/mol. The molecule has 1 rings (SSSR count). The fraction of sp³-hybridized carbons (Fsp3) is 0.455. The normalized spacial score (nSPS) is 14.1. The maximum absolute atomic E-state index is 13.7. The first-order valence-corrected chi connectivity index (χ1v) is 4.61. The molecular formula is C11H15F2N. The Balaban J connectivity index is 3.09. The highest BCUT2D eigenvalue weighted by molar-refractivity contribution is 5.30. The lowest BCUT2D eigenvalue weighted by atomic mass is 9.98.